The van der Waals surface area contributed by atoms with Crippen LogP contribution in [0.5, 0.6) is 0 Å². The third-order valence-electron chi connectivity index (χ3n) is 11.0. The van der Waals surface area contributed by atoms with Gasteiger partial charge in [0.2, 0.25) is 0 Å². The maximum Gasteiger partial charge on any atom is 0.187 e. The minimum absolute atomic E-state index is 0.0494. The SMILES string of the molecule is OCC1=C[C@H](C[C@H]2C(CO)O[C@@H](O[C@H]3C(CO)O[C@@H](O[C@H]4C(CO)OC(O)C(O)[C@H]4O)C(O)[C@H]3O)C(O)[C@H]2O)[C@H](O)[C@@H](O)[C@@H]1O[C@@H]1OC(CO)[C@H](O)[C@H](O)C1O. The molecule has 0 bridgehead atoms. The summed E-state index contributed by atoms with van der Waals surface area (Å²) in [5.74, 6) is -2.31. The smallest absolute Gasteiger partial charge is 0.187 e. The van der Waals surface area contributed by atoms with Crippen molar-refractivity contribution in [2.24, 2.45) is 11.8 Å². The Labute approximate surface area is 318 Å². The Kier molecular flexibility index (Phi) is 15.9. The largest absolute Gasteiger partial charge is 0.394 e. The molecule has 9 unspecified atom stereocenters. The lowest BCUT2D eigenvalue weighted by molar-refractivity contribution is -0.376. The molecule has 17 N–H and O–H groups in total. The summed E-state index contributed by atoms with van der Waals surface area (Å²) >= 11 is 0. The van der Waals surface area contributed by atoms with Crippen molar-refractivity contribution in [3.63, 3.8) is 0 Å². The Hall–Kier alpha value is -1.22. The van der Waals surface area contributed by atoms with Crippen molar-refractivity contribution in [1.29, 1.82) is 0 Å². The monoisotopic (exact) mass is 822 g/mol. The zero-order valence-electron chi connectivity index (χ0n) is 29.6. The number of hydrogen-bond acceptors (Lipinski definition) is 24. The van der Waals surface area contributed by atoms with E-state index >= 15 is 0 Å². The zero-order valence-corrected chi connectivity index (χ0v) is 29.6. The Morgan fingerprint density at radius 2 is 0.893 bits per heavy atom. The van der Waals surface area contributed by atoms with Crippen LogP contribution in [0.15, 0.2) is 11.6 Å². The summed E-state index contributed by atoms with van der Waals surface area (Å²) < 4.78 is 38.4. The highest BCUT2D eigenvalue weighted by molar-refractivity contribution is 5.20. The first-order valence-electron chi connectivity index (χ1n) is 18.0. The normalized spacial score (nSPS) is 51.8. The molecular weight excluding hydrogens is 768 g/mol. The van der Waals surface area contributed by atoms with Gasteiger partial charge in [0.15, 0.2) is 25.2 Å². The van der Waals surface area contributed by atoms with Gasteiger partial charge in [-0.3, -0.25) is 0 Å². The summed E-state index contributed by atoms with van der Waals surface area (Å²) in [6, 6.07) is 0. The van der Waals surface area contributed by atoms with Gasteiger partial charge in [0.1, 0.15) is 91.6 Å². The minimum Gasteiger partial charge on any atom is -0.394 e. The second-order valence-corrected chi connectivity index (χ2v) is 14.5. The van der Waals surface area contributed by atoms with E-state index in [1.165, 1.54) is 6.08 Å². The molecule has 0 aromatic rings. The molecule has 4 fully saturated rings. The highest BCUT2D eigenvalue weighted by atomic mass is 16.8. The molecule has 5 rings (SSSR count). The van der Waals surface area contributed by atoms with Gasteiger partial charge in [-0.2, -0.15) is 0 Å². The summed E-state index contributed by atoms with van der Waals surface area (Å²) in [6.45, 7) is -4.10. The lowest BCUT2D eigenvalue weighted by Gasteiger charge is -2.49. The molecule has 24 atom stereocenters. The quantitative estimate of drug-likeness (QED) is 0.0767. The molecule has 0 amide bonds. The molecule has 4 heterocycles. The number of aliphatic hydroxyl groups is 17. The van der Waals surface area contributed by atoms with Gasteiger partial charge in [-0.05, 0) is 12.0 Å². The fraction of sp³-hybridized carbons (Fsp3) is 0.938. The van der Waals surface area contributed by atoms with Gasteiger partial charge in [-0.1, -0.05) is 6.08 Å². The highest BCUT2D eigenvalue weighted by Gasteiger charge is 2.54. The summed E-state index contributed by atoms with van der Waals surface area (Å²) in [4.78, 5) is 0. The number of hydrogen-bond donors (Lipinski definition) is 17. The van der Waals surface area contributed by atoms with Crippen LogP contribution >= 0.6 is 0 Å². The highest BCUT2D eigenvalue weighted by Crippen LogP contribution is 2.39. The van der Waals surface area contributed by atoms with Crippen molar-refractivity contribution < 1.29 is 120 Å². The van der Waals surface area contributed by atoms with Crippen molar-refractivity contribution in [3.05, 3.63) is 11.6 Å². The van der Waals surface area contributed by atoms with Gasteiger partial charge in [0.25, 0.3) is 0 Å². The average Bonchev–Trinajstić information content (AvgIpc) is 3.19. The van der Waals surface area contributed by atoms with Gasteiger partial charge < -0.3 is 120 Å². The summed E-state index contributed by atoms with van der Waals surface area (Å²) in [7, 11) is 0. The molecule has 24 nitrogen and oxygen atoms in total. The molecule has 56 heavy (non-hydrogen) atoms. The van der Waals surface area contributed by atoms with Crippen molar-refractivity contribution in [2.45, 2.75) is 141 Å². The Bertz CT molecular complexity index is 1260. The topological polar surface area (TPSA) is 409 Å². The molecule has 5 aliphatic rings. The van der Waals surface area contributed by atoms with Gasteiger partial charge >= 0.3 is 0 Å². The molecular formula is C32H54O24. The van der Waals surface area contributed by atoms with E-state index in [-0.39, 0.29) is 12.0 Å². The lowest BCUT2D eigenvalue weighted by Crippen LogP contribution is -2.66. The first kappa shape index (κ1) is 45.9. The van der Waals surface area contributed by atoms with E-state index in [2.05, 4.69) is 0 Å². The molecule has 0 aromatic carbocycles. The number of aliphatic hydroxyl groups excluding tert-OH is 17. The first-order valence-corrected chi connectivity index (χ1v) is 18.0. The molecule has 0 spiro atoms. The molecule has 4 saturated heterocycles. The maximum absolute atomic E-state index is 11.2. The van der Waals surface area contributed by atoms with Crippen molar-refractivity contribution in [3.8, 4) is 0 Å². The predicted octanol–water partition coefficient (Wildman–Crippen LogP) is -10.5. The second kappa shape index (κ2) is 19.4. The molecule has 0 radical (unpaired) electrons. The zero-order chi connectivity index (χ0) is 41.3. The first-order chi connectivity index (χ1) is 26.5. The van der Waals surface area contributed by atoms with E-state index in [9.17, 15) is 86.8 Å². The molecule has 4 aliphatic heterocycles. The van der Waals surface area contributed by atoms with Crippen LogP contribution in [0.4, 0.5) is 0 Å². The third-order valence-corrected chi connectivity index (χ3v) is 11.0. The van der Waals surface area contributed by atoms with Gasteiger partial charge in [0.05, 0.1) is 51.3 Å². The third kappa shape index (κ3) is 9.09. The minimum atomic E-state index is -2.02. The second-order valence-electron chi connectivity index (χ2n) is 14.5. The van der Waals surface area contributed by atoms with E-state index in [4.69, 9.17) is 33.2 Å². The summed E-state index contributed by atoms with van der Waals surface area (Å²) in [5.41, 5.74) is -0.0494. The molecule has 1 aliphatic carbocycles. The van der Waals surface area contributed by atoms with Crippen molar-refractivity contribution in [2.75, 3.05) is 33.0 Å². The van der Waals surface area contributed by atoms with Crippen molar-refractivity contribution >= 4 is 0 Å². The lowest BCUT2D eigenvalue weighted by atomic mass is 9.75. The average molecular weight is 823 g/mol. The van der Waals surface area contributed by atoms with E-state index in [0.29, 0.717) is 0 Å². The number of rotatable bonds is 13. The Morgan fingerprint density at radius 1 is 0.429 bits per heavy atom. The molecule has 0 saturated carbocycles. The van der Waals surface area contributed by atoms with Crippen LogP contribution in [-0.2, 0) is 33.2 Å². The fourth-order valence-electron chi connectivity index (χ4n) is 7.72. The van der Waals surface area contributed by atoms with Gasteiger partial charge in [0, 0.05) is 11.8 Å². The van der Waals surface area contributed by atoms with Gasteiger partial charge in [-0.25, -0.2) is 0 Å². The van der Waals surface area contributed by atoms with Crippen LogP contribution in [0.3, 0.4) is 0 Å². The predicted molar refractivity (Wildman–Crippen MR) is 173 cm³/mol. The van der Waals surface area contributed by atoms with Crippen LogP contribution in [0.2, 0.25) is 0 Å². The molecule has 326 valence electrons. The van der Waals surface area contributed by atoms with Crippen LogP contribution in [-0.4, -0.2) is 255 Å². The van der Waals surface area contributed by atoms with E-state index < -0.39 is 180 Å². The Morgan fingerprint density at radius 3 is 1.45 bits per heavy atom. The molecule has 0 aromatic heterocycles. The van der Waals surface area contributed by atoms with Crippen LogP contribution in [0.1, 0.15) is 6.42 Å². The summed E-state index contributed by atoms with van der Waals surface area (Å²) in [6.07, 6.45) is -37.4. The van der Waals surface area contributed by atoms with E-state index in [1.807, 2.05) is 0 Å². The Balaban J connectivity index is 1.25. The maximum atomic E-state index is 11.2. The fourth-order valence-corrected chi connectivity index (χ4v) is 7.72. The van der Waals surface area contributed by atoms with Crippen molar-refractivity contribution in [1.82, 2.24) is 0 Å². The van der Waals surface area contributed by atoms with E-state index in [1.54, 1.807) is 0 Å². The van der Waals surface area contributed by atoms with Crippen LogP contribution in [0, 0.1) is 11.8 Å². The number of ether oxygens (including phenoxy) is 7. The summed E-state index contributed by atoms with van der Waals surface area (Å²) in [5, 5.41) is 177. The van der Waals surface area contributed by atoms with Gasteiger partial charge in [-0.15, -0.1) is 0 Å². The van der Waals surface area contributed by atoms with Crippen LogP contribution < -0.4 is 0 Å². The van der Waals surface area contributed by atoms with E-state index in [0.717, 1.165) is 0 Å². The standard InChI is InChI=1S/C32H54O24/c33-3-9-1-8(15(38)19(42)26(9)54-31-24(47)18(41)17(40)12(5-35)52-31)2-10-11(4-34)51-30(23(46)16(10)39)56-28-14(7-37)53-32(25(48)21(28)44)55-27-13(6-36)50-29(49)22(45)20(27)43/h1,8,10-49H,2-7H2/t8-,10+,11?,12?,13?,14?,15+,16+,17+,18+,19-,20-,21-,22?,23?,24?,25?,26-,27+,28+,29?,30+,31+,32+/m1/s1. The molecule has 24 heteroatoms. The van der Waals surface area contributed by atoms with Crippen LogP contribution in [0.25, 0.3) is 0 Å².